The summed E-state index contributed by atoms with van der Waals surface area (Å²) in [5.74, 6) is 0.972. The normalized spacial score (nSPS) is 21.4. The van der Waals surface area contributed by atoms with Crippen LogP contribution in [0.4, 0.5) is 11.4 Å². The zero-order chi connectivity index (χ0) is 22.3. The minimum atomic E-state index is -3.77. The fourth-order valence-corrected chi connectivity index (χ4v) is 6.22. The lowest BCUT2D eigenvalue weighted by Gasteiger charge is -2.37. The standard InChI is InChI=1S/C25H23BrN2O3S/c1-31-24-11-3-2-10-23(24)28-32(29,30)18-12-13-22-21(15-18)19-8-5-9-20(19)25(27-22)16-6-4-7-17(26)14-16/h2-8,10-15,19-20,25,27-28H,9H2,1H3. The van der Waals surface area contributed by atoms with Crippen molar-refractivity contribution < 1.29 is 13.2 Å². The summed E-state index contributed by atoms with van der Waals surface area (Å²) in [7, 11) is -2.25. The number of rotatable bonds is 5. The van der Waals surface area contributed by atoms with Gasteiger partial charge in [-0.2, -0.15) is 0 Å². The van der Waals surface area contributed by atoms with Gasteiger partial charge in [-0.1, -0.05) is 52.3 Å². The van der Waals surface area contributed by atoms with Gasteiger partial charge in [-0.05, 0) is 65.9 Å². The average molecular weight is 511 g/mol. The van der Waals surface area contributed by atoms with Gasteiger partial charge in [0.15, 0.2) is 0 Å². The van der Waals surface area contributed by atoms with Gasteiger partial charge < -0.3 is 10.1 Å². The van der Waals surface area contributed by atoms with Crippen molar-refractivity contribution in [3.8, 4) is 5.75 Å². The van der Waals surface area contributed by atoms with Crippen LogP contribution in [-0.2, 0) is 10.0 Å². The van der Waals surface area contributed by atoms with E-state index in [1.807, 2.05) is 18.2 Å². The Morgan fingerprint density at radius 2 is 1.91 bits per heavy atom. The van der Waals surface area contributed by atoms with E-state index in [0.29, 0.717) is 17.4 Å². The molecule has 2 aliphatic rings. The predicted molar refractivity (Wildman–Crippen MR) is 131 cm³/mol. The van der Waals surface area contributed by atoms with Crippen LogP contribution in [0.3, 0.4) is 0 Å². The zero-order valence-corrected chi connectivity index (χ0v) is 19.9. The van der Waals surface area contributed by atoms with E-state index in [-0.39, 0.29) is 16.9 Å². The molecule has 3 aromatic carbocycles. The monoisotopic (exact) mass is 510 g/mol. The zero-order valence-electron chi connectivity index (χ0n) is 17.5. The lowest BCUT2D eigenvalue weighted by atomic mass is 9.77. The molecule has 0 amide bonds. The van der Waals surface area contributed by atoms with E-state index in [9.17, 15) is 8.42 Å². The number of hydrogen-bond acceptors (Lipinski definition) is 4. The summed E-state index contributed by atoms with van der Waals surface area (Å²) in [6.45, 7) is 0. The molecule has 3 atom stereocenters. The van der Waals surface area contributed by atoms with E-state index in [1.54, 1.807) is 36.4 Å². The van der Waals surface area contributed by atoms with Crippen LogP contribution in [0.15, 0.2) is 88.3 Å². The van der Waals surface area contributed by atoms with Gasteiger partial charge in [-0.25, -0.2) is 8.42 Å². The highest BCUT2D eigenvalue weighted by atomic mass is 79.9. The smallest absolute Gasteiger partial charge is 0.262 e. The Morgan fingerprint density at radius 3 is 2.72 bits per heavy atom. The Kier molecular flexibility index (Phi) is 5.47. The predicted octanol–water partition coefficient (Wildman–Crippen LogP) is 6.09. The van der Waals surface area contributed by atoms with Crippen LogP contribution in [0.2, 0.25) is 0 Å². The molecule has 1 aliphatic heterocycles. The lowest BCUT2D eigenvalue weighted by molar-refractivity contribution is 0.417. The number of sulfonamides is 1. The minimum Gasteiger partial charge on any atom is -0.495 e. The molecular weight excluding hydrogens is 488 g/mol. The van der Waals surface area contributed by atoms with Gasteiger partial charge in [-0.3, -0.25) is 4.72 Å². The molecule has 3 aromatic rings. The highest BCUT2D eigenvalue weighted by molar-refractivity contribution is 9.10. The first-order chi connectivity index (χ1) is 15.5. The Labute approximate surface area is 196 Å². The Balaban J connectivity index is 1.50. The van der Waals surface area contributed by atoms with Crippen molar-refractivity contribution in [1.82, 2.24) is 0 Å². The maximum atomic E-state index is 13.2. The largest absolute Gasteiger partial charge is 0.495 e. The molecule has 0 spiro atoms. The molecule has 2 N–H and O–H groups in total. The van der Waals surface area contributed by atoms with Crippen LogP contribution < -0.4 is 14.8 Å². The van der Waals surface area contributed by atoms with Crippen molar-refractivity contribution in [2.24, 2.45) is 5.92 Å². The molecule has 0 saturated heterocycles. The van der Waals surface area contributed by atoms with Crippen LogP contribution in [0.5, 0.6) is 5.75 Å². The number of nitrogens with one attached hydrogen (secondary N) is 2. The summed E-state index contributed by atoms with van der Waals surface area (Å²) >= 11 is 3.58. The molecule has 5 nitrogen and oxygen atoms in total. The van der Waals surface area contributed by atoms with E-state index in [4.69, 9.17) is 4.74 Å². The lowest BCUT2D eigenvalue weighted by Crippen LogP contribution is -2.29. The molecule has 0 fully saturated rings. The highest BCUT2D eigenvalue weighted by Gasteiger charge is 2.38. The van der Waals surface area contributed by atoms with Crippen molar-refractivity contribution >= 4 is 37.3 Å². The molecule has 5 rings (SSSR count). The van der Waals surface area contributed by atoms with Crippen molar-refractivity contribution in [3.05, 3.63) is 94.5 Å². The number of ether oxygens (including phenoxy) is 1. The summed E-state index contributed by atoms with van der Waals surface area (Å²) in [5, 5.41) is 3.66. The Hall–Kier alpha value is -2.77. The topological polar surface area (TPSA) is 67.4 Å². The molecule has 1 aliphatic carbocycles. The van der Waals surface area contributed by atoms with Crippen molar-refractivity contribution in [1.29, 1.82) is 0 Å². The summed E-state index contributed by atoms with van der Waals surface area (Å²) in [4.78, 5) is 0.240. The molecule has 0 radical (unpaired) electrons. The van der Waals surface area contributed by atoms with E-state index in [1.165, 1.54) is 12.7 Å². The van der Waals surface area contributed by atoms with Gasteiger partial charge in [0.1, 0.15) is 5.75 Å². The van der Waals surface area contributed by atoms with Crippen LogP contribution in [0.1, 0.15) is 29.5 Å². The second-order valence-corrected chi connectivity index (χ2v) is 10.7. The van der Waals surface area contributed by atoms with Gasteiger partial charge in [0.2, 0.25) is 0 Å². The second kappa shape index (κ2) is 8.30. The van der Waals surface area contributed by atoms with Crippen molar-refractivity contribution in [3.63, 3.8) is 0 Å². The summed E-state index contributed by atoms with van der Waals surface area (Å²) < 4.78 is 35.3. The fourth-order valence-electron chi connectivity index (χ4n) is 4.70. The fraction of sp³-hybridized carbons (Fsp3) is 0.200. The molecule has 7 heteroatoms. The maximum absolute atomic E-state index is 13.2. The number of fused-ring (bicyclic) bond motifs is 3. The quantitative estimate of drug-likeness (QED) is 0.407. The summed E-state index contributed by atoms with van der Waals surface area (Å²) in [6, 6.07) is 20.8. The van der Waals surface area contributed by atoms with E-state index in [2.05, 4.69) is 50.3 Å². The molecule has 164 valence electrons. The van der Waals surface area contributed by atoms with Crippen LogP contribution in [-0.4, -0.2) is 15.5 Å². The second-order valence-electron chi connectivity index (χ2n) is 8.09. The van der Waals surface area contributed by atoms with Gasteiger partial charge >= 0.3 is 0 Å². The summed E-state index contributed by atoms with van der Waals surface area (Å²) in [6.07, 6.45) is 5.36. The first-order valence-electron chi connectivity index (χ1n) is 10.4. The van der Waals surface area contributed by atoms with E-state index in [0.717, 1.165) is 22.1 Å². The molecule has 3 unspecified atom stereocenters. The molecule has 0 bridgehead atoms. The van der Waals surface area contributed by atoms with Gasteiger partial charge in [0.05, 0.1) is 23.7 Å². The van der Waals surface area contributed by atoms with Crippen LogP contribution in [0, 0.1) is 5.92 Å². The molecule has 32 heavy (non-hydrogen) atoms. The number of allylic oxidation sites excluding steroid dienone is 2. The first-order valence-corrected chi connectivity index (χ1v) is 12.7. The van der Waals surface area contributed by atoms with Crippen LogP contribution in [0.25, 0.3) is 0 Å². The van der Waals surface area contributed by atoms with Crippen molar-refractivity contribution in [2.45, 2.75) is 23.3 Å². The summed E-state index contributed by atoms with van der Waals surface area (Å²) in [5.41, 5.74) is 3.62. The van der Waals surface area contributed by atoms with Gasteiger partial charge in [0.25, 0.3) is 10.0 Å². The molecule has 1 heterocycles. The number of hydrogen-bond donors (Lipinski definition) is 2. The molecular formula is C25H23BrN2O3S. The first kappa shape index (κ1) is 21.1. The Bertz CT molecular complexity index is 1310. The maximum Gasteiger partial charge on any atom is 0.262 e. The number of halogens is 1. The highest BCUT2D eigenvalue weighted by Crippen LogP contribution is 2.50. The molecule has 0 aromatic heterocycles. The number of para-hydroxylation sites is 2. The van der Waals surface area contributed by atoms with Gasteiger partial charge in [-0.15, -0.1) is 0 Å². The number of benzene rings is 3. The third-order valence-corrected chi connectivity index (χ3v) is 8.06. The van der Waals surface area contributed by atoms with Crippen LogP contribution >= 0.6 is 15.9 Å². The van der Waals surface area contributed by atoms with Gasteiger partial charge in [0, 0.05) is 16.1 Å². The third kappa shape index (κ3) is 3.80. The minimum absolute atomic E-state index is 0.161. The Morgan fingerprint density at radius 1 is 1.06 bits per heavy atom. The van der Waals surface area contributed by atoms with Crippen molar-refractivity contribution in [2.75, 3.05) is 17.1 Å². The van der Waals surface area contributed by atoms with E-state index < -0.39 is 10.0 Å². The number of methoxy groups -OCH3 is 1. The third-order valence-electron chi connectivity index (χ3n) is 6.20. The average Bonchev–Trinajstić information content (AvgIpc) is 3.28. The molecule has 0 saturated carbocycles. The number of anilines is 2. The SMILES string of the molecule is COc1ccccc1NS(=O)(=O)c1ccc2c(c1)C1C=CCC1C(c1cccc(Br)c1)N2. The van der Waals surface area contributed by atoms with E-state index >= 15 is 0 Å².